The Hall–Kier alpha value is -1.98. The molecule has 0 spiro atoms. The van der Waals surface area contributed by atoms with Crippen LogP contribution in [0.25, 0.3) is 0 Å². The van der Waals surface area contributed by atoms with E-state index in [1.54, 1.807) is 0 Å². The predicted octanol–water partition coefficient (Wildman–Crippen LogP) is 2.38. The van der Waals surface area contributed by atoms with Crippen LogP contribution < -0.4 is 10.4 Å². The molecular formula is C16H18F2NO3-. The zero-order valence-electron chi connectivity index (χ0n) is 12.2. The monoisotopic (exact) mass is 310 g/mol. The maximum atomic E-state index is 13.5. The van der Waals surface area contributed by atoms with Crippen LogP contribution in [0.3, 0.4) is 0 Å². The van der Waals surface area contributed by atoms with E-state index in [-0.39, 0.29) is 18.5 Å². The van der Waals surface area contributed by atoms with Crippen molar-refractivity contribution in [3.05, 3.63) is 29.8 Å². The summed E-state index contributed by atoms with van der Waals surface area (Å²) in [6.45, 7) is 0. The average Bonchev–Trinajstić information content (AvgIpc) is 2.42. The molecule has 0 bridgehead atoms. The van der Waals surface area contributed by atoms with Crippen LogP contribution in [0.2, 0.25) is 0 Å². The van der Waals surface area contributed by atoms with Gasteiger partial charge in [-0.3, -0.25) is 4.79 Å². The third kappa shape index (κ3) is 4.26. The molecule has 22 heavy (non-hydrogen) atoms. The van der Waals surface area contributed by atoms with Gasteiger partial charge in [-0.25, -0.2) is 8.78 Å². The van der Waals surface area contributed by atoms with E-state index in [1.165, 1.54) is 0 Å². The number of benzene rings is 1. The molecule has 1 aliphatic rings. The smallest absolute Gasteiger partial charge is 0.225 e. The Morgan fingerprint density at radius 1 is 1.14 bits per heavy atom. The Bertz CT molecular complexity index is 569. The molecule has 4 nitrogen and oxygen atoms in total. The SMILES string of the molecule is O=C([O-])CC1(CC(=O)Nc2ccc(F)cc2F)CCCCC1. The average molecular weight is 310 g/mol. The second kappa shape index (κ2) is 6.85. The Labute approximate surface area is 127 Å². The molecule has 0 radical (unpaired) electrons. The summed E-state index contributed by atoms with van der Waals surface area (Å²) in [5.41, 5.74) is -0.733. The summed E-state index contributed by atoms with van der Waals surface area (Å²) in [6.07, 6.45) is 3.85. The van der Waals surface area contributed by atoms with E-state index in [0.717, 1.165) is 31.4 Å². The summed E-state index contributed by atoms with van der Waals surface area (Å²) in [5.74, 6) is -3.22. The van der Waals surface area contributed by atoms with E-state index in [0.29, 0.717) is 18.9 Å². The first-order valence-electron chi connectivity index (χ1n) is 7.35. The third-order valence-corrected chi connectivity index (χ3v) is 4.17. The number of nitrogens with one attached hydrogen (secondary N) is 1. The van der Waals surface area contributed by atoms with Crippen molar-refractivity contribution in [3.8, 4) is 0 Å². The minimum Gasteiger partial charge on any atom is -0.550 e. The molecule has 1 aliphatic carbocycles. The number of amides is 1. The van der Waals surface area contributed by atoms with E-state index in [2.05, 4.69) is 5.32 Å². The Morgan fingerprint density at radius 2 is 1.82 bits per heavy atom. The molecule has 0 aromatic heterocycles. The van der Waals surface area contributed by atoms with Gasteiger partial charge in [-0.05, 0) is 36.8 Å². The standard InChI is InChI=1S/C16H19F2NO3/c17-11-4-5-13(12(18)8-11)19-14(20)9-16(10-15(21)22)6-2-1-3-7-16/h4-5,8H,1-3,6-7,9-10H2,(H,19,20)(H,21,22)/p-1. The van der Waals surface area contributed by atoms with Gasteiger partial charge in [0, 0.05) is 18.5 Å². The van der Waals surface area contributed by atoms with Crippen LogP contribution in [0.4, 0.5) is 14.5 Å². The number of carboxylic acid groups (broad SMARTS) is 1. The van der Waals surface area contributed by atoms with E-state index < -0.39 is 28.9 Å². The van der Waals surface area contributed by atoms with Crippen LogP contribution in [0.15, 0.2) is 18.2 Å². The first-order chi connectivity index (χ1) is 10.4. The summed E-state index contributed by atoms with van der Waals surface area (Å²) in [5, 5.41) is 13.3. The highest BCUT2D eigenvalue weighted by atomic mass is 19.1. The van der Waals surface area contributed by atoms with Gasteiger partial charge in [0.05, 0.1) is 5.69 Å². The molecule has 1 fully saturated rings. The molecule has 0 atom stereocenters. The van der Waals surface area contributed by atoms with Crippen molar-refractivity contribution in [3.63, 3.8) is 0 Å². The molecule has 1 amide bonds. The lowest BCUT2D eigenvalue weighted by Crippen LogP contribution is -2.36. The van der Waals surface area contributed by atoms with Crippen LogP contribution in [-0.4, -0.2) is 11.9 Å². The quantitative estimate of drug-likeness (QED) is 0.908. The minimum atomic E-state index is -1.18. The van der Waals surface area contributed by atoms with Crippen LogP contribution in [0.5, 0.6) is 0 Å². The van der Waals surface area contributed by atoms with Crippen molar-refractivity contribution in [1.29, 1.82) is 0 Å². The Kier molecular flexibility index (Phi) is 5.11. The van der Waals surface area contributed by atoms with Crippen molar-refractivity contribution < 1.29 is 23.5 Å². The third-order valence-electron chi connectivity index (χ3n) is 4.17. The highest BCUT2D eigenvalue weighted by molar-refractivity contribution is 5.91. The molecule has 2 rings (SSSR count). The number of anilines is 1. The van der Waals surface area contributed by atoms with E-state index >= 15 is 0 Å². The van der Waals surface area contributed by atoms with E-state index in [1.807, 2.05) is 0 Å². The molecule has 0 aliphatic heterocycles. The van der Waals surface area contributed by atoms with Crippen LogP contribution in [-0.2, 0) is 9.59 Å². The van der Waals surface area contributed by atoms with Gasteiger partial charge in [-0.1, -0.05) is 19.3 Å². The summed E-state index contributed by atoms with van der Waals surface area (Å²) < 4.78 is 26.4. The van der Waals surface area contributed by atoms with Gasteiger partial charge in [-0.2, -0.15) is 0 Å². The van der Waals surface area contributed by atoms with Crippen molar-refractivity contribution in [1.82, 2.24) is 0 Å². The molecule has 0 unspecified atom stereocenters. The molecule has 1 aromatic rings. The summed E-state index contributed by atoms with van der Waals surface area (Å²) >= 11 is 0. The van der Waals surface area contributed by atoms with Crippen molar-refractivity contribution in [2.45, 2.75) is 44.9 Å². The minimum absolute atomic E-state index is 0.00219. The predicted molar refractivity (Wildman–Crippen MR) is 74.7 cm³/mol. The molecule has 6 heteroatoms. The summed E-state index contributed by atoms with van der Waals surface area (Å²) in [7, 11) is 0. The van der Waals surface area contributed by atoms with Crippen LogP contribution >= 0.6 is 0 Å². The summed E-state index contributed by atoms with van der Waals surface area (Å²) in [6, 6.07) is 2.89. The van der Waals surface area contributed by atoms with Crippen LogP contribution in [0, 0.1) is 17.0 Å². The molecule has 1 N–H and O–H groups in total. The van der Waals surface area contributed by atoms with Gasteiger partial charge in [-0.15, -0.1) is 0 Å². The number of carbonyl (C=O) groups is 2. The Morgan fingerprint density at radius 3 is 2.41 bits per heavy atom. The van der Waals surface area contributed by atoms with Gasteiger partial charge >= 0.3 is 0 Å². The maximum absolute atomic E-state index is 13.5. The molecule has 1 aromatic carbocycles. The van der Waals surface area contributed by atoms with Gasteiger partial charge in [0.1, 0.15) is 11.6 Å². The maximum Gasteiger partial charge on any atom is 0.225 e. The topological polar surface area (TPSA) is 69.2 Å². The number of carboxylic acids is 1. The van der Waals surface area contributed by atoms with Crippen LogP contribution in [0.1, 0.15) is 44.9 Å². The number of halogens is 2. The number of aliphatic carboxylic acids is 1. The normalized spacial score (nSPS) is 17.0. The number of hydrogen-bond donors (Lipinski definition) is 1. The summed E-state index contributed by atoms with van der Waals surface area (Å²) in [4.78, 5) is 23.1. The largest absolute Gasteiger partial charge is 0.550 e. The molecule has 0 heterocycles. The van der Waals surface area contributed by atoms with E-state index in [4.69, 9.17) is 0 Å². The Balaban J connectivity index is 2.06. The lowest BCUT2D eigenvalue weighted by molar-refractivity contribution is -0.308. The number of carbonyl (C=O) groups excluding carboxylic acids is 2. The first-order valence-corrected chi connectivity index (χ1v) is 7.35. The van der Waals surface area contributed by atoms with Gasteiger partial charge in [0.2, 0.25) is 5.91 Å². The molecule has 120 valence electrons. The van der Waals surface area contributed by atoms with Crippen molar-refractivity contribution >= 4 is 17.6 Å². The van der Waals surface area contributed by atoms with Crippen molar-refractivity contribution in [2.24, 2.45) is 5.41 Å². The number of hydrogen-bond acceptors (Lipinski definition) is 3. The van der Waals surface area contributed by atoms with Gasteiger partial charge in [0.25, 0.3) is 0 Å². The lowest BCUT2D eigenvalue weighted by Gasteiger charge is -2.37. The van der Waals surface area contributed by atoms with Gasteiger partial charge in [0.15, 0.2) is 0 Å². The fourth-order valence-electron chi connectivity index (χ4n) is 3.15. The number of rotatable bonds is 5. The fraction of sp³-hybridized carbons (Fsp3) is 0.500. The first kappa shape index (κ1) is 16.4. The zero-order valence-corrected chi connectivity index (χ0v) is 12.2. The second-order valence-electron chi connectivity index (χ2n) is 5.96. The zero-order chi connectivity index (χ0) is 16.2. The van der Waals surface area contributed by atoms with Gasteiger partial charge < -0.3 is 15.2 Å². The fourth-order valence-corrected chi connectivity index (χ4v) is 3.15. The molecular weight excluding hydrogens is 292 g/mol. The second-order valence-corrected chi connectivity index (χ2v) is 5.96. The highest BCUT2D eigenvalue weighted by Crippen LogP contribution is 2.42. The molecule has 0 saturated heterocycles. The van der Waals surface area contributed by atoms with E-state index in [9.17, 15) is 23.5 Å². The molecule has 1 saturated carbocycles. The van der Waals surface area contributed by atoms with Crippen molar-refractivity contribution in [2.75, 3.05) is 5.32 Å². The highest BCUT2D eigenvalue weighted by Gasteiger charge is 2.34. The lowest BCUT2D eigenvalue weighted by atomic mass is 9.69.